The highest BCUT2D eigenvalue weighted by Gasteiger charge is 2.35. The monoisotopic (exact) mass is 268 g/mol. The van der Waals surface area contributed by atoms with E-state index in [1.807, 2.05) is 0 Å². The van der Waals surface area contributed by atoms with Crippen molar-refractivity contribution < 1.29 is 9.53 Å². The van der Waals surface area contributed by atoms with E-state index in [-0.39, 0.29) is 11.5 Å². The Bertz CT molecular complexity index is 301. The van der Waals surface area contributed by atoms with E-state index in [4.69, 9.17) is 4.74 Å². The topological polar surface area (TPSA) is 41.6 Å². The summed E-state index contributed by atoms with van der Waals surface area (Å²) in [6.07, 6.45) is 5.35. The Balaban J connectivity index is 1.90. The molecule has 2 aliphatic heterocycles. The van der Waals surface area contributed by atoms with E-state index < -0.39 is 0 Å². The highest BCUT2D eigenvalue weighted by atomic mass is 16.5. The Morgan fingerprint density at radius 1 is 1.42 bits per heavy atom. The van der Waals surface area contributed by atoms with Gasteiger partial charge in [-0.2, -0.15) is 0 Å². The van der Waals surface area contributed by atoms with Crippen LogP contribution in [0.2, 0.25) is 0 Å². The number of hydrogen-bond donors (Lipinski definition) is 1. The smallest absolute Gasteiger partial charge is 0.239 e. The molecule has 1 unspecified atom stereocenters. The molecule has 1 amide bonds. The summed E-state index contributed by atoms with van der Waals surface area (Å²) in [5.41, 5.74) is 0.251. The predicted octanol–water partition coefficient (Wildman–Crippen LogP) is 1.79. The zero-order valence-electron chi connectivity index (χ0n) is 12.4. The van der Waals surface area contributed by atoms with Crippen molar-refractivity contribution in [3.05, 3.63) is 0 Å². The lowest BCUT2D eigenvalue weighted by atomic mass is 9.81. The van der Waals surface area contributed by atoms with Crippen molar-refractivity contribution >= 4 is 5.91 Å². The lowest BCUT2D eigenvalue weighted by Gasteiger charge is -2.41. The maximum Gasteiger partial charge on any atom is 0.239 e. The molecule has 0 aromatic heterocycles. The second kappa shape index (κ2) is 6.71. The van der Waals surface area contributed by atoms with Crippen molar-refractivity contribution in [3.8, 4) is 0 Å². The van der Waals surface area contributed by atoms with E-state index in [9.17, 15) is 4.79 Å². The van der Waals surface area contributed by atoms with Crippen LogP contribution in [0, 0.1) is 5.41 Å². The summed E-state index contributed by atoms with van der Waals surface area (Å²) in [6, 6.07) is 0.0529. The molecule has 0 radical (unpaired) electrons. The van der Waals surface area contributed by atoms with Gasteiger partial charge in [0.05, 0.1) is 6.04 Å². The molecule has 19 heavy (non-hydrogen) atoms. The molecule has 4 heteroatoms. The Kier molecular flexibility index (Phi) is 5.22. The molecule has 0 bridgehead atoms. The molecule has 0 saturated carbocycles. The zero-order chi connectivity index (χ0) is 13.7. The van der Waals surface area contributed by atoms with Crippen LogP contribution in [0.1, 0.15) is 46.0 Å². The second-order valence-corrected chi connectivity index (χ2v) is 6.33. The first-order valence-electron chi connectivity index (χ1n) is 7.74. The minimum Gasteiger partial charge on any atom is -0.381 e. The summed E-state index contributed by atoms with van der Waals surface area (Å²) < 4.78 is 5.44. The van der Waals surface area contributed by atoms with Crippen LogP contribution in [0.4, 0.5) is 0 Å². The molecule has 0 aliphatic carbocycles. The SMILES string of the molecule is CCCNC1CCCN(CC2(C)CCOCC2)C1=O. The quantitative estimate of drug-likeness (QED) is 0.826. The number of carbonyl (C=O) groups excluding carboxylic acids is 1. The van der Waals surface area contributed by atoms with Crippen LogP contribution in [0.5, 0.6) is 0 Å². The third-order valence-corrected chi connectivity index (χ3v) is 4.44. The van der Waals surface area contributed by atoms with Gasteiger partial charge in [0.1, 0.15) is 0 Å². The van der Waals surface area contributed by atoms with Crippen LogP contribution >= 0.6 is 0 Å². The number of rotatable bonds is 5. The molecule has 2 aliphatic rings. The standard InChI is InChI=1S/C15H28N2O2/c1-3-8-16-13-5-4-9-17(14(13)18)12-15(2)6-10-19-11-7-15/h13,16H,3-12H2,1-2H3. The van der Waals surface area contributed by atoms with Crippen molar-refractivity contribution in [2.45, 2.75) is 52.0 Å². The molecule has 1 atom stereocenters. The normalized spacial score (nSPS) is 27.6. The van der Waals surface area contributed by atoms with Crippen LogP contribution in [-0.2, 0) is 9.53 Å². The number of nitrogens with zero attached hydrogens (tertiary/aromatic N) is 1. The molecule has 2 heterocycles. The number of ether oxygens (including phenoxy) is 1. The molecule has 4 nitrogen and oxygen atoms in total. The number of piperidine rings is 1. The van der Waals surface area contributed by atoms with Gasteiger partial charge < -0.3 is 15.0 Å². The number of hydrogen-bond acceptors (Lipinski definition) is 3. The Morgan fingerprint density at radius 3 is 2.84 bits per heavy atom. The fraction of sp³-hybridized carbons (Fsp3) is 0.933. The summed E-state index contributed by atoms with van der Waals surface area (Å²) in [5.74, 6) is 0.312. The fourth-order valence-electron chi connectivity index (χ4n) is 3.09. The van der Waals surface area contributed by atoms with Crippen molar-refractivity contribution in [1.82, 2.24) is 10.2 Å². The summed E-state index contributed by atoms with van der Waals surface area (Å²) in [4.78, 5) is 14.6. The molecule has 2 saturated heterocycles. The predicted molar refractivity (Wildman–Crippen MR) is 76.1 cm³/mol. The molecular weight excluding hydrogens is 240 g/mol. The lowest BCUT2D eigenvalue weighted by Crippen LogP contribution is -2.53. The number of likely N-dealkylation sites (tertiary alicyclic amines) is 1. The number of nitrogens with one attached hydrogen (secondary N) is 1. The van der Waals surface area contributed by atoms with E-state index >= 15 is 0 Å². The first-order chi connectivity index (χ1) is 9.14. The zero-order valence-corrected chi connectivity index (χ0v) is 12.4. The van der Waals surface area contributed by atoms with Gasteiger partial charge in [-0.15, -0.1) is 0 Å². The summed E-state index contributed by atoms with van der Waals surface area (Å²) in [6.45, 7) is 8.90. The highest BCUT2D eigenvalue weighted by Crippen LogP contribution is 2.31. The first kappa shape index (κ1) is 14.8. The third-order valence-electron chi connectivity index (χ3n) is 4.44. The number of carbonyl (C=O) groups is 1. The van der Waals surface area contributed by atoms with Gasteiger partial charge in [0.25, 0.3) is 0 Å². The summed E-state index contributed by atoms with van der Waals surface area (Å²) in [7, 11) is 0. The van der Waals surface area contributed by atoms with Crippen molar-refractivity contribution in [3.63, 3.8) is 0 Å². The van der Waals surface area contributed by atoms with Crippen molar-refractivity contribution in [2.24, 2.45) is 5.41 Å². The van der Waals surface area contributed by atoms with Gasteiger partial charge in [-0.25, -0.2) is 0 Å². The van der Waals surface area contributed by atoms with E-state index in [1.54, 1.807) is 0 Å². The Morgan fingerprint density at radius 2 is 2.16 bits per heavy atom. The minimum absolute atomic E-state index is 0.0529. The van der Waals surface area contributed by atoms with E-state index in [1.165, 1.54) is 0 Å². The fourth-order valence-corrected chi connectivity index (χ4v) is 3.09. The molecule has 0 spiro atoms. The second-order valence-electron chi connectivity index (χ2n) is 6.33. The van der Waals surface area contributed by atoms with E-state index in [2.05, 4.69) is 24.1 Å². The molecule has 2 rings (SSSR count). The highest BCUT2D eigenvalue weighted by molar-refractivity contribution is 5.82. The Labute approximate surface area is 116 Å². The lowest BCUT2D eigenvalue weighted by molar-refractivity contribution is -0.138. The van der Waals surface area contributed by atoms with Gasteiger partial charge in [0.15, 0.2) is 0 Å². The maximum atomic E-state index is 12.5. The van der Waals surface area contributed by atoms with Gasteiger partial charge in [0.2, 0.25) is 5.91 Å². The van der Waals surface area contributed by atoms with Gasteiger partial charge in [-0.1, -0.05) is 13.8 Å². The first-order valence-corrected chi connectivity index (χ1v) is 7.74. The Hall–Kier alpha value is -0.610. The maximum absolute atomic E-state index is 12.5. The average molecular weight is 268 g/mol. The van der Waals surface area contributed by atoms with Gasteiger partial charge >= 0.3 is 0 Å². The van der Waals surface area contributed by atoms with Crippen LogP contribution in [0.25, 0.3) is 0 Å². The molecule has 110 valence electrons. The molecule has 0 aromatic carbocycles. The minimum atomic E-state index is 0.0529. The molecule has 0 aromatic rings. The van der Waals surface area contributed by atoms with Crippen LogP contribution < -0.4 is 5.32 Å². The van der Waals surface area contributed by atoms with Crippen LogP contribution in [0.3, 0.4) is 0 Å². The van der Waals surface area contributed by atoms with Crippen LogP contribution in [-0.4, -0.2) is 49.7 Å². The molecular formula is C15H28N2O2. The van der Waals surface area contributed by atoms with Gasteiger partial charge in [0, 0.05) is 26.3 Å². The van der Waals surface area contributed by atoms with Gasteiger partial charge in [-0.3, -0.25) is 4.79 Å². The van der Waals surface area contributed by atoms with E-state index in [0.717, 1.165) is 65.0 Å². The molecule has 1 N–H and O–H groups in total. The van der Waals surface area contributed by atoms with E-state index in [0.29, 0.717) is 5.91 Å². The van der Waals surface area contributed by atoms with Gasteiger partial charge in [-0.05, 0) is 44.1 Å². The number of amides is 1. The van der Waals surface area contributed by atoms with Crippen LogP contribution in [0.15, 0.2) is 0 Å². The average Bonchev–Trinajstić information content (AvgIpc) is 2.40. The summed E-state index contributed by atoms with van der Waals surface area (Å²) in [5, 5.41) is 3.38. The third kappa shape index (κ3) is 3.93. The largest absolute Gasteiger partial charge is 0.381 e. The van der Waals surface area contributed by atoms with Crippen molar-refractivity contribution in [2.75, 3.05) is 32.8 Å². The van der Waals surface area contributed by atoms with Crippen molar-refractivity contribution in [1.29, 1.82) is 0 Å². The molecule has 2 fully saturated rings. The summed E-state index contributed by atoms with van der Waals surface area (Å²) >= 11 is 0.